The maximum Gasteiger partial charge on any atom is 0.416 e. The van der Waals surface area contributed by atoms with Gasteiger partial charge in [0.15, 0.2) is 5.65 Å². The second-order valence-electron chi connectivity index (χ2n) is 8.80. The van der Waals surface area contributed by atoms with E-state index in [1.807, 2.05) is 0 Å². The number of carbonyl (C=O) groups is 1. The van der Waals surface area contributed by atoms with Crippen molar-refractivity contribution in [1.29, 1.82) is 0 Å². The number of anilines is 1. The Hall–Kier alpha value is -4.12. The van der Waals surface area contributed by atoms with E-state index in [1.54, 1.807) is 33.8 Å². The summed E-state index contributed by atoms with van der Waals surface area (Å²) >= 11 is 6.02. The molecule has 2 aromatic heterocycles. The van der Waals surface area contributed by atoms with Gasteiger partial charge < -0.3 is 15.4 Å². The molecule has 2 N–H and O–H groups in total. The van der Waals surface area contributed by atoms with Gasteiger partial charge in [-0.2, -0.15) is 18.3 Å². The van der Waals surface area contributed by atoms with Crippen molar-refractivity contribution < 1.29 is 22.7 Å². The molecular weight excluding hydrogens is 521 g/mol. The van der Waals surface area contributed by atoms with E-state index in [1.165, 1.54) is 18.5 Å². The van der Waals surface area contributed by atoms with Crippen LogP contribution < -0.4 is 10.5 Å². The number of hydrogen-bond donors (Lipinski definition) is 1. The number of benzene rings is 2. The van der Waals surface area contributed by atoms with Gasteiger partial charge in [-0.15, -0.1) is 0 Å². The minimum atomic E-state index is -4.50. The zero-order valence-electron chi connectivity index (χ0n) is 20.0. The standard InChI is InChI=1S/C26H22ClF3N6O2/c1-2-21(37)35-11-3-4-17(13-35)36-25-22(24(31)32-14-33-25)23(34-36)15-5-8-18(9-6-15)38-20-10-7-16(12-19(20)27)26(28,29)30/h2,5-10,12,14,17H,1,3-4,11,13H2,(H2,31,32,33). The van der Waals surface area contributed by atoms with E-state index in [2.05, 4.69) is 16.5 Å². The summed E-state index contributed by atoms with van der Waals surface area (Å²) in [6.45, 7) is 4.69. The minimum absolute atomic E-state index is 0.0933. The fraction of sp³-hybridized carbons (Fsp3) is 0.231. The largest absolute Gasteiger partial charge is 0.456 e. The Morgan fingerprint density at radius 3 is 2.63 bits per heavy atom. The normalized spacial score (nSPS) is 16.0. The summed E-state index contributed by atoms with van der Waals surface area (Å²) in [5.74, 6) is 0.595. The van der Waals surface area contributed by atoms with Crippen molar-refractivity contribution in [3.8, 4) is 22.8 Å². The zero-order valence-corrected chi connectivity index (χ0v) is 20.7. The number of carbonyl (C=O) groups excluding carboxylic acids is 1. The van der Waals surface area contributed by atoms with Gasteiger partial charge in [-0.3, -0.25) is 4.79 Å². The molecule has 1 amide bonds. The second-order valence-corrected chi connectivity index (χ2v) is 9.21. The van der Waals surface area contributed by atoms with Crippen molar-refractivity contribution in [2.24, 2.45) is 0 Å². The molecule has 2 aromatic carbocycles. The van der Waals surface area contributed by atoms with Crippen molar-refractivity contribution in [3.63, 3.8) is 0 Å². The van der Waals surface area contributed by atoms with Gasteiger partial charge in [-0.1, -0.05) is 18.2 Å². The molecule has 1 aliphatic rings. The number of ether oxygens (including phenoxy) is 1. The van der Waals surface area contributed by atoms with Crippen LogP contribution in [-0.4, -0.2) is 43.6 Å². The molecule has 3 heterocycles. The lowest BCUT2D eigenvalue weighted by atomic mass is 10.1. The summed E-state index contributed by atoms with van der Waals surface area (Å²) in [6, 6.07) is 9.60. The number of amides is 1. The maximum atomic E-state index is 12.9. The number of hydrogen-bond acceptors (Lipinski definition) is 6. The van der Waals surface area contributed by atoms with Gasteiger partial charge in [0.2, 0.25) is 5.91 Å². The van der Waals surface area contributed by atoms with Gasteiger partial charge in [0.25, 0.3) is 0 Å². The maximum absolute atomic E-state index is 12.9. The quantitative estimate of drug-likeness (QED) is 0.316. The first kappa shape index (κ1) is 25.5. The first-order valence-corrected chi connectivity index (χ1v) is 12.1. The smallest absolute Gasteiger partial charge is 0.416 e. The fourth-order valence-corrected chi connectivity index (χ4v) is 4.72. The molecule has 1 unspecified atom stereocenters. The first-order valence-electron chi connectivity index (χ1n) is 11.7. The Labute approximate surface area is 220 Å². The Balaban J connectivity index is 1.45. The van der Waals surface area contributed by atoms with E-state index in [4.69, 9.17) is 27.2 Å². The predicted molar refractivity (Wildman–Crippen MR) is 137 cm³/mol. The molecule has 196 valence electrons. The molecule has 0 bridgehead atoms. The Kier molecular flexibility index (Phi) is 6.70. The topological polar surface area (TPSA) is 99.2 Å². The molecule has 1 atom stereocenters. The number of aromatic nitrogens is 4. The van der Waals surface area contributed by atoms with E-state index < -0.39 is 11.7 Å². The van der Waals surface area contributed by atoms with Crippen LogP contribution in [0.1, 0.15) is 24.4 Å². The van der Waals surface area contributed by atoms with Gasteiger partial charge >= 0.3 is 6.18 Å². The molecule has 1 aliphatic heterocycles. The number of piperidine rings is 1. The fourth-order valence-electron chi connectivity index (χ4n) is 4.50. The molecule has 0 saturated carbocycles. The van der Waals surface area contributed by atoms with Crippen LogP contribution in [0.3, 0.4) is 0 Å². The predicted octanol–water partition coefficient (Wildman–Crippen LogP) is 5.89. The van der Waals surface area contributed by atoms with Crippen LogP contribution in [0.5, 0.6) is 11.5 Å². The molecule has 4 aromatic rings. The van der Waals surface area contributed by atoms with Crippen molar-refractivity contribution in [2.45, 2.75) is 25.1 Å². The molecule has 1 fully saturated rings. The molecule has 1 saturated heterocycles. The summed E-state index contributed by atoms with van der Waals surface area (Å²) in [5.41, 5.74) is 7.19. The van der Waals surface area contributed by atoms with E-state index >= 15 is 0 Å². The molecule has 0 aliphatic carbocycles. The lowest BCUT2D eigenvalue weighted by Crippen LogP contribution is -2.40. The number of halogens is 4. The minimum Gasteiger partial charge on any atom is -0.456 e. The van der Waals surface area contributed by atoms with Crippen LogP contribution in [0, 0.1) is 0 Å². The van der Waals surface area contributed by atoms with Crippen LogP contribution in [0.2, 0.25) is 5.02 Å². The average molecular weight is 543 g/mol. The van der Waals surface area contributed by atoms with E-state index in [-0.39, 0.29) is 28.5 Å². The zero-order chi connectivity index (χ0) is 27.0. The van der Waals surface area contributed by atoms with E-state index in [0.717, 1.165) is 25.0 Å². The first-order chi connectivity index (χ1) is 18.2. The van der Waals surface area contributed by atoms with Crippen LogP contribution in [-0.2, 0) is 11.0 Å². The summed E-state index contributed by atoms with van der Waals surface area (Å²) < 4.78 is 46.2. The van der Waals surface area contributed by atoms with Crippen LogP contribution in [0.15, 0.2) is 61.4 Å². The third-order valence-electron chi connectivity index (χ3n) is 6.36. The summed E-state index contributed by atoms with van der Waals surface area (Å²) in [6.07, 6.45) is -0.211. The average Bonchev–Trinajstić information content (AvgIpc) is 3.30. The van der Waals surface area contributed by atoms with Crippen LogP contribution >= 0.6 is 11.6 Å². The molecule has 38 heavy (non-hydrogen) atoms. The van der Waals surface area contributed by atoms with Gasteiger partial charge in [-0.05, 0) is 61.4 Å². The Morgan fingerprint density at radius 1 is 1.18 bits per heavy atom. The highest BCUT2D eigenvalue weighted by Gasteiger charge is 2.31. The van der Waals surface area contributed by atoms with Gasteiger partial charge in [0.05, 0.1) is 22.0 Å². The van der Waals surface area contributed by atoms with Gasteiger partial charge in [-0.25, -0.2) is 14.6 Å². The Morgan fingerprint density at radius 2 is 1.95 bits per heavy atom. The molecule has 8 nitrogen and oxygen atoms in total. The number of nitrogens with two attached hydrogens (primary N) is 1. The highest BCUT2D eigenvalue weighted by atomic mass is 35.5. The van der Waals surface area contributed by atoms with Crippen molar-refractivity contribution in [3.05, 3.63) is 72.0 Å². The summed E-state index contributed by atoms with van der Waals surface area (Å²) in [4.78, 5) is 22.5. The molecule has 0 radical (unpaired) electrons. The molecule has 0 spiro atoms. The molecule has 12 heteroatoms. The molecule has 5 rings (SSSR count). The SMILES string of the molecule is C=CC(=O)N1CCCC(n2nc(-c3ccc(Oc4ccc(C(F)(F)F)cc4Cl)cc3)c3c(N)ncnc32)C1. The summed E-state index contributed by atoms with van der Waals surface area (Å²) in [7, 11) is 0. The lowest BCUT2D eigenvalue weighted by molar-refractivity contribution is -0.137. The van der Waals surface area contributed by atoms with E-state index in [0.29, 0.717) is 41.1 Å². The number of rotatable bonds is 5. The van der Waals surface area contributed by atoms with Crippen LogP contribution in [0.4, 0.5) is 19.0 Å². The third kappa shape index (κ3) is 4.89. The number of nitrogen functional groups attached to an aromatic ring is 1. The lowest BCUT2D eigenvalue weighted by Gasteiger charge is -2.32. The highest BCUT2D eigenvalue weighted by Crippen LogP contribution is 2.38. The second kappa shape index (κ2) is 9.97. The van der Waals surface area contributed by atoms with Crippen molar-refractivity contribution in [2.75, 3.05) is 18.8 Å². The van der Waals surface area contributed by atoms with Crippen LogP contribution in [0.25, 0.3) is 22.3 Å². The monoisotopic (exact) mass is 542 g/mol. The van der Waals surface area contributed by atoms with Gasteiger partial charge in [0.1, 0.15) is 29.3 Å². The Bertz CT molecular complexity index is 1520. The third-order valence-corrected chi connectivity index (χ3v) is 6.66. The van der Waals surface area contributed by atoms with Crippen molar-refractivity contribution >= 4 is 34.4 Å². The molecular formula is C26H22ClF3N6O2. The highest BCUT2D eigenvalue weighted by molar-refractivity contribution is 6.32. The van der Waals surface area contributed by atoms with Crippen molar-refractivity contribution in [1.82, 2.24) is 24.6 Å². The van der Waals surface area contributed by atoms with Gasteiger partial charge in [0, 0.05) is 18.7 Å². The number of nitrogens with zero attached hydrogens (tertiary/aromatic N) is 5. The number of fused-ring (bicyclic) bond motifs is 1. The number of likely N-dealkylation sites (tertiary alicyclic amines) is 1. The number of alkyl halides is 3. The van der Waals surface area contributed by atoms with E-state index in [9.17, 15) is 18.0 Å². The summed E-state index contributed by atoms with van der Waals surface area (Å²) in [5, 5.41) is 5.25.